The van der Waals surface area contributed by atoms with Crippen LogP contribution in [0.3, 0.4) is 0 Å². The van der Waals surface area contributed by atoms with Gasteiger partial charge in [-0.25, -0.2) is 4.39 Å². The van der Waals surface area contributed by atoms with Crippen LogP contribution in [-0.4, -0.2) is 13.6 Å². The summed E-state index contributed by atoms with van der Waals surface area (Å²) in [5.74, 6) is -0.153. The van der Waals surface area contributed by atoms with Gasteiger partial charge in [-0.2, -0.15) is 0 Å². The van der Waals surface area contributed by atoms with Crippen molar-refractivity contribution in [3.8, 4) is 0 Å². The number of hydrogen-bond donors (Lipinski definition) is 1. The lowest BCUT2D eigenvalue weighted by atomic mass is 10.0. The van der Waals surface area contributed by atoms with Gasteiger partial charge in [0, 0.05) is 39.1 Å². The summed E-state index contributed by atoms with van der Waals surface area (Å²) in [6, 6.07) is 7.38. The molecule has 114 valence electrons. The predicted molar refractivity (Wildman–Crippen MR) is 92.6 cm³/mol. The molecule has 1 heterocycles. The number of nitrogens with one attached hydrogen (secondary N) is 1. The third kappa shape index (κ3) is 4.05. The van der Waals surface area contributed by atoms with E-state index in [-0.39, 0.29) is 11.9 Å². The molecule has 0 amide bonds. The quantitative estimate of drug-likeness (QED) is 0.772. The van der Waals surface area contributed by atoms with E-state index in [2.05, 4.69) is 37.6 Å². The Morgan fingerprint density at radius 1 is 1.43 bits per heavy atom. The molecule has 0 saturated carbocycles. The molecule has 0 fully saturated rings. The standard InChI is InChI=1S/C16H20BrFN2S/c1-4-19-11(2)16-14(18)6-5-7-15(16)20(3)9-13-8-12(17)10-21-13/h5-8,10-11,19H,4,9H2,1-3H3. The minimum atomic E-state index is -0.153. The number of halogens is 2. The van der Waals surface area contributed by atoms with Gasteiger partial charge < -0.3 is 10.2 Å². The molecule has 0 aliphatic rings. The van der Waals surface area contributed by atoms with Crippen molar-refractivity contribution in [2.75, 3.05) is 18.5 Å². The average molecular weight is 371 g/mol. The zero-order chi connectivity index (χ0) is 15.4. The Morgan fingerprint density at radius 3 is 2.81 bits per heavy atom. The van der Waals surface area contributed by atoms with Crippen molar-refractivity contribution in [1.29, 1.82) is 0 Å². The van der Waals surface area contributed by atoms with E-state index >= 15 is 0 Å². The largest absolute Gasteiger partial charge is 0.369 e. The summed E-state index contributed by atoms with van der Waals surface area (Å²) in [6.45, 7) is 5.62. The predicted octanol–water partition coefficient (Wildman–Crippen LogP) is 4.96. The van der Waals surface area contributed by atoms with Crippen LogP contribution >= 0.6 is 27.3 Å². The molecule has 0 spiro atoms. The van der Waals surface area contributed by atoms with E-state index < -0.39 is 0 Å². The normalized spacial score (nSPS) is 12.4. The number of hydrogen-bond acceptors (Lipinski definition) is 3. The summed E-state index contributed by atoms with van der Waals surface area (Å²) in [5.41, 5.74) is 1.67. The summed E-state index contributed by atoms with van der Waals surface area (Å²) in [7, 11) is 2.00. The molecule has 1 atom stereocenters. The fourth-order valence-corrected chi connectivity index (χ4v) is 3.95. The van der Waals surface area contributed by atoms with Gasteiger partial charge in [0.1, 0.15) is 5.82 Å². The zero-order valence-electron chi connectivity index (χ0n) is 12.5. The van der Waals surface area contributed by atoms with Crippen molar-refractivity contribution < 1.29 is 4.39 Å². The zero-order valence-corrected chi connectivity index (χ0v) is 14.9. The first kappa shape index (κ1) is 16.5. The molecular formula is C16H20BrFN2S. The van der Waals surface area contributed by atoms with E-state index in [0.717, 1.165) is 28.8 Å². The SMILES string of the molecule is CCNC(C)c1c(F)cccc1N(C)Cc1cc(Br)cs1. The van der Waals surface area contributed by atoms with Crippen molar-refractivity contribution in [2.45, 2.75) is 26.4 Å². The smallest absolute Gasteiger partial charge is 0.130 e. The Hall–Kier alpha value is -0.910. The molecule has 21 heavy (non-hydrogen) atoms. The van der Waals surface area contributed by atoms with Gasteiger partial charge in [0.25, 0.3) is 0 Å². The maximum atomic E-state index is 14.3. The van der Waals surface area contributed by atoms with Gasteiger partial charge in [-0.1, -0.05) is 13.0 Å². The number of thiophene rings is 1. The second-order valence-electron chi connectivity index (χ2n) is 5.04. The van der Waals surface area contributed by atoms with Crippen LogP contribution < -0.4 is 10.2 Å². The molecule has 1 N–H and O–H groups in total. The fourth-order valence-electron chi connectivity index (χ4n) is 2.45. The third-order valence-electron chi connectivity index (χ3n) is 3.40. The van der Waals surface area contributed by atoms with Gasteiger partial charge in [0.2, 0.25) is 0 Å². The van der Waals surface area contributed by atoms with E-state index in [0.29, 0.717) is 0 Å². The van der Waals surface area contributed by atoms with E-state index in [1.54, 1.807) is 17.4 Å². The lowest BCUT2D eigenvalue weighted by molar-refractivity contribution is 0.540. The fraction of sp³-hybridized carbons (Fsp3) is 0.375. The van der Waals surface area contributed by atoms with Crippen LogP contribution in [0.25, 0.3) is 0 Å². The van der Waals surface area contributed by atoms with Crippen molar-refractivity contribution in [2.24, 2.45) is 0 Å². The first-order valence-corrected chi connectivity index (χ1v) is 8.66. The van der Waals surface area contributed by atoms with Crippen LogP contribution in [0.15, 0.2) is 34.1 Å². The number of rotatable bonds is 6. The monoisotopic (exact) mass is 370 g/mol. The molecule has 0 radical (unpaired) electrons. The molecule has 5 heteroatoms. The summed E-state index contributed by atoms with van der Waals surface area (Å²) in [5, 5.41) is 5.36. The Labute approximate surface area is 138 Å². The van der Waals surface area contributed by atoms with Crippen molar-refractivity contribution in [1.82, 2.24) is 5.32 Å². The van der Waals surface area contributed by atoms with Gasteiger partial charge in [0.05, 0.1) is 6.54 Å². The molecule has 0 aliphatic heterocycles. The molecule has 1 aromatic carbocycles. The molecule has 2 aromatic rings. The lowest BCUT2D eigenvalue weighted by Crippen LogP contribution is -2.24. The Kier molecular flexibility index (Phi) is 5.79. The van der Waals surface area contributed by atoms with Crippen LogP contribution in [0.2, 0.25) is 0 Å². The second kappa shape index (κ2) is 7.38. The van der Waals surface area contributed by atoms with Gasteiger partial charge in [0.15, 0.2) is 0 Å². The molecule has 1 unspecified atom stereocenters. The minimum absolute atomic E-state index is 0.0104. The van der Waals surface area contributed by atoms with E-state index in [4.69, 9.17) is 0 Å². The molecule has 1 aromatic heterocycles. The highest BCUT2D eigenvalue weighted by molar-refractivity contribution is 9.10. The minimum Gasteiger partial charge on any atom is -0.369 e. The third-order valence-corrected chi connectivity index (χ3v) is 5.08. The van der Waals surface area contributed by atoms with Gasteiger partial charge in [-0.15, -0.1) is 11.3 Å². The van der Waals surface area contributed by atoms with Crippen LogP contribution in [-0.2, 0) is 6.54 Å². The summed E-state index contributed by atoms with van der Waals surface area (Å²) in [4.78, 5) is 3.35. The molecule has 2 rings (SSSR count). The van der Waals surface area contributed by atoms with Crippen molar-refractivity contribution in [3.05, 3.63) is 50.4 Å². The maximum Gasteiger partial charge on any atom is 0.130 e. The van der Waals surface area contributed by atoms with Crippen LogP contribution in [0.4, 0.5) is 10.1 Å². The summed E-state index contributed by atoms with van der Waals surface area (Å²) < 4.78 is 15.3. The van der Waals surface area contributed by atoms with E-state index in [1.165, 1.54) is 10.9 Å². The first-order chi connectivity index (χ1) is 10.0. The van der Waals surface area contributed by atoms with Gasteiger partial charge >= 0.3 is 0 Å². The lowest BCUT2D eigenvalue weighted by Gasteiger charge is -2.25. The highest BCUT2D eigenvalue weighted by atomic mass is 79.9. The van der Waals surface area contributed by atoms with Gasteiger partial charge in [-0.05, 0) is 47.6 Å². The highest BCUT2D eigenvalue weighted by Gasteiger charge is 2.17. The summed E-state index contributed by atoms with van der Waals surface area (Å²) >= 11 is 5.17. The molecule has 0 saturated heterocycles. The maximum absolute atomic E-state index is 14.3. The first-order valence-electron chi connectivity index (χ1n) is 6.98. The van der Waals surface area contributed by atoms with Crippen LogP contribution in [0, 0.1) is 5.82 Å². The number of nitrogens with zero attached hydrogens (tertiary/aromatic N) is 1. The number of anilines is 1. The summed E-state index contributed by atoms with van der Waals surface area (Å²) in [6.07, 6.45) is 0. The molecule has 2 nitrogen and oxygen atoms in total. The Balaban J connectivity index is 2.27. The topological polar surface area (TPSA) is 15.3 Å². The van der Waals surface area contributed by atoms with Gasteiger partial charge in [-0.3, -0.25) is 0 Å². The van der Waals surface area contributed by atoms with E-state index in [9.17, 15) is 4.39 Å². The van der Waals surface area contributed by atoms with Crippen molar-refractivity contribution >= 4 is 33.0 Å². The molecule has 0 aliphatic carbocycles. The van der Waals surface area contributed by atoms with E-state index in [1.807, 2.05) is 27.0 Å². The van der Waals surface area contributed by atoms with Crippen molar-refractivity contribution in [3.63, 3.8) is 0 Å². The highest BCUT2D eigenvalue weighted by Crippen LogP contribution is 2.30. The molecular weight excluding hydrogens is 351 g/mol. The second-order valence-corrected chi connectivity index (χ2v) is 6.95. The van der Waals surface area contributed by atoms with Crippen LogP contribution in [0.5, 0.6) is 0 Å². The number of benzene rings is 1. The average Bonchev–Trinajstić information content (AvgIpc) is 2.83. The Bertz CT molecular complexity index is 600. The molecule has 0 bridgehead atoms. The van der Waals surface area contributed by atoms with Crippen LogP contribution in [0.1, 0.15) is 30.3 Å². The Morgan fingerprint density at radius 2 is 2.19 bits per heavy atom.